The summed E-state index contributed by atoms with van der Waals surface area (Å²) in [7, 11) is 0. The number of aliphatic hydroxyl groups is 1. The molecular formula is C24H30O3S. The molecule has 1 aromatic carbocycles. The van der Waals surface area contributed by atoms with Crippen LogP contribution in [-0.4, -0.2) is 24.1 Å². The summed E-state index contributed by atoms with van der Waals surface area (Å²) in [6.45, 7) is 11.3. The number of aliphatic hydroxyl groups excluding tert-OH is 1. The van der Waals surface area contributed by atoms with Gasteiger partial charge in [0.15, 0.2) is 5.78 Å². The van der Waals surface area contributed by atoms with Gasteiger partial charge in [-0.2, -0.15) is 0 Å². The highest BCUT2D eigenvalue weighted by molar-refractivity contribution is 7.14. The van der Waals surface area contributed by atoms with Crippen molar-refractivity contribution in [3.05, 3.63) is 49.7 Å². The number of hydrogen-bond donors (Lipinski definition) is 1. The molecule has 0 spiro atoms. The van der Waals surface area contributed by atoms with Gasteiger partial charge in [0.2, 0.25) is 0 Å². The molecule has 1 aromatic heterocycles. The maximum Gasteiger partial charge on any atom is 0.173 e. The van der Waals surface area contributed by atoms with Crippen molar-refractivity contribution >= 4 is 17.1 Å². The summed E-state index contributed by atoms with van der Waals surface area (Å²) in [5.41, 5.74) is 6.58. The van der Waals surface area contributed by atoms with E-state index in [0.717, 1.165) is 40.5 Å². The van der Waals surface area contributed by atoms with E-state index < -0.39 is 0 Å². The SMILES string of the molecule is Cc1cc(CCC(=O)c2sc(C)c3c2C[C@@H]2[C@H]3C2(C)C)cc(C)c1OCCO. The average Bonchev–Trinajstić information content (AvgIpc) is 2.96. The van der Waals surface area contributed by atoms with E-state index >= 15 is 0 Å². The van der Waals surface area contributed by atoms with Crippen LogP contribution in [0.5, 0.6) is 5.75 Å². The van der Waals surface area contributed by atoms with Crippen LogP contribution in [-0.2, 0) is 12.8 Å². The molecule has 0 radical (unpaired) electrons. The van der Waals surface area contributed by atoms with Gasteiger partial charge in [-0.05, 0) is 78.7 Å². The van der Waals surface area contributed by atoms with E-state index in [1.165, 1.54) is 21.6 Å². The van der Waals surface area contributed by atoms with Gasteiger partial charge < -0.3 is 9.84 Å². The van der Waals surface area contributed by atoms with Crippen LogP contribution < -0.4 is 4.74 Å². The summed E-state index contributed by atoms with van der Waals surface area (Å²) in [4.78, 5) is 15.4. The van der Waals surface area contributed by atoms with E-state index in [4.69, 9.17) is 9.84 Å². The van der Waals surface area contributed by atoms with Crippen LogP contribution in [0.15, 0.2) is 12.1 Å². The third kappa shape index (κ3) is 3.11. The van der Waals surface area contributed by atoms with Crippen molar-refractivity contribution in [2.75, 3.05) is 13.2 Å². The number of fused-ring (bicyclic) bond motifs is 3. The molecule has 4 heteroatoms. The highest BCUT2D eigenvalue weighted by atomic mass is 32.1. The van der Waals surface area contributed by atoms with Crippen LogP contribution in [0.1, 0.15) is 68.6 Å². The van der Waals surface area contributed by atoms with Crippen molar-refractivity contribution in [2.24, 2.45) is 11.3 Å². The number of ketones is 1. The van der Waals surface area contributed by atoms with Gasteiger partial charge in [-0.1, -0.05) is 26.0 Å². The second kappa shape index (κ2) is 7.00. The Balaban J connectivity index is 1.47. The summed E-state index contributed by atoms with van der Waals surface area (Å²) < 4.78 is 5.64. The van der Waals surface area contributed by atoms with Crippen molar-refractivity contribution in [2.45, 2.75) is 59.8 Å². The second-order valence-corrected chi connectivity index (χ2v) is 10.3. The highest BCUT2D eigenvalue weighted by Crippen LogP contribution is 2.71. The molecule has 1 fully saturated rings. The Morgan fingerprint density at radius 2 is 1.93 bits per heavy atom. The van der Waals surface area contributed by atoms with Gasteiger partial charge in [0, 0.05) is 11.3 Å². The van der Waals surface area contributed by atoms with Crippen LogP contribution in [0, 0.1) is 32.1 Å². The summed E-state index contributed by atoms with van der Waals surface area (Å²) in [6, 6.07) is 4.21. The predicted octanol–water partition coefficient (Wildman–Crippen LogP) is 5.16. The van der Waals surface area contributed by atoms with Crippen molar-refractivity contribution in [1.29, 1.82) is 0 Å². The predicted molar refractivity (Wildman–Crippen MR) is 114 cm³/mol. The van der Waals surface area contributed by atoms with Crippen LogP contribution in [0.4, 0.5) is 0 Å². The number of hydrogen-bond acceptors (Lipinski definition) is 4. The first-order valence-corrected chi connectivity index (χ1v) is 11.1. The van der Waals surface area contributed by atoms with Crippen molar-refractivity contribution in [3.63, 3.8) is 0 Å². The lowest BCUT2D eigenvalue weighted by Gasteiger charge is -2.13. The van der Waals surface area contributed by atoms with Gasteiger partial charge in [-0.25, -0.2) is 0 Å². The van der Waals surface area contributed by atoms with Crippen LogP contribution in [0.3, 0.4) is 0 Å². The van der Waals surface area contributed by atoms with E-state index in [1.54, 1.807) is 11.3 Å². The summed E-state index contributed by atoms with van der Waals surface area (Å²) in [5.74, 6) is 2.56. The Morgan fingerprint density at radius 3 is 2.57 bits per heavy atom. The molecule has 28 heavy (non-hydrogen) atoms. The van der Waals surface area contributed by atoms with Crippen molar-refractivity contribution < 1.29 is 14.6 Å². The zero-order chi connectivity index (χ0) is 20.2. The lowest BCUT2D eigenvalue weighted by atomic mass is 9.93. The molecule has 2 aliphatic carbocycles. The fourth-order valence-electron chi connectivity index (χ4n) is 5.29. The van der Waals surface area contributed by atoms with Gasteiger partial charge >= 0.3 is 0 Å². The third-order valence-electron chi connectivity index (χ3n) is 6.77. The zero-order valence-electron chi connectivity index (χ0n) is 17.5. The highest BCUT2D eigenvalue weighted by Gasteiger charge is 2.63. The van der Waals surface area contributed by atoms with Crippen LogP contribution in [0.25, 0.3) is 0 Å². The Morgan fingerprint density at radius 1 is 1.25 bits per heavy atom. The number of carbonyl (C=O) groups excluding carboxylic acids is 1. The van der Waals surface area contributed by atoms with Gasteiger partial charge in [0.1, 0.15) is 12.4 Å². The van der Waals surface area contributed by atoms with Crippen molar-refractivity contribution in [1.82, 2.24) is 0 Å². The molecular weight excluding hydrogens is 368 g/mol. The van der Waals surface area contributed by atoms with Gasteiger partial charge in [0.25, 0.3) is 0 Å². The first kappa shape index (κ1) is 19.7. The molecule has 4 rings (SSSR count). The van der Waals surface area contributed by atoms with Crippen LogP contribution >= 0.6 is 11.3 Å². The minimum atomic E-state index is 0.0125. The molecule has 150 valence electrons. The summed E-state index contributed by atoms with van der Waals surface area (Å²) in [5, 5.41) is 8.97. The number of Topliss-reactive ketones (excluding diaryl/α,β-unsaturated/α-hetero) is 1. The Kier molecular flexibility index (Phi) is 4.91. The molecule has 0 aliphatic heterocycles. The molecule has 2 atom stereocenters. The first-order valence-electron chi connectivity index (χ1n) is 10.2. The minimum absolute atomic E-state index is 0.0125. The molecule has 1 N–H and O–H groups in total. The molecule has 0 saturated heterocycles. The maximum atomic E-state index is 13.0. The standard InChI is InChI=1S/C24H30O3S/c1-13-10-16(11-14(2)22(13)27-9-8-25)6-7-19(26)23-17-12-18-21(24(18,4)5)20(17)15(3)28-23/h10-11,18,21,25H,6-9,12H2,1-5H3/t18-,21-/m1/s1. The largest absolute Gasteiger partial charge is 0.491 e. The number of rotatable bonds is 7. The van der Waals surface area contributed by atoms with E-state index in [9.17, 15) is 4.79 Å². The fraction of sp³-hybridized carbons (Fsp3) is 0.542. The maximum absolute atomic E-state index is 13.0. The number of carbonyl (C=O) groups is 1. The number of benzene rings is 1. The molecule has 0 amide bonds. The molecule has 2 aliphatic rings. The molecule has 2 aromatic rings. The van der Waals surface area contributed by atoms with E-state index in [2.05, 4.69) is 32.9 Å². The smallest absolute Gasteiger partial charge is 0.173 e. The molecule has 3 nitrogen and oxygen atoms in total. The zero-order valence-corrected chi connectivity index (χ0v) is 18.3. The Hall–Kier alpha value is -1.65. The molecule has 0 unspecified atom stereocenters. The lowest BCUT2D eigenvalue weighted by molar-refractivity contribution is 0.0985. The summed E-state index contributed by atoms with van der Waals surface area (Å²) in [6.07, 6.45) is 2.40. The minimum Gasteiger partial charge on any atom is -0.491 e. The fourth-order valence-corrected chi connectivity index (χ4v) is 6.49. The molecule has 1 saturated carbocycles. The monoisotopic (exact) mass is 398 g/mol. The first-order chi connectivity index (χ1) is 13.3. The lowest BCUT2D eigenvalue weighted by Crippen LogP contribution is -2.07. The van der Waals surface area contributed by atoms with Gasteiger partial charge in [-0.15, -0.1) is 11.3 Å². The number of ether oxygens (including phenoxy) is 1. The van der Waals surface area contributed by atoms with Gasteiger partial charge in [0.05, 0.1) is 11.5 Å². The average molecular weight is 399 g/mol. The number of aryl methyl sites for hydroxylation is 4. The molecule has 0 bridgehead atoms. The van der Waals surface area contributed by atoms with Crippen molar-refractivity contribution in [3.8, 4) is 5.75 Å². The topological polar surface area (TPSA) is 46.5 Å². The Labute approximate surface area is 171 Å². The van der Waals surface area contributed by atoms with Crippen LogP contribution in [0.2, 0.25) is 0 Å². The quantitative estimate of drug-likeness (QED) is 0.656. The summed E-state index contributed by atoms with van der Waals surface area (Å²) >= 11 is 1.72. The number of thiophene rings is 1. The van der Waals surface area contributed by atoms with E-state index in [1.807, 2.05) is 13.8 Å². The second-order valence-electron chi connectivity index (χ2n) is 9.04. The van der Waals surface area contributed by atoms with E-state index in [0.29, 0.717) is 30.1 Å². The Bertz CT molecular complexity index is 915. The van der Waals surface area contributed by atoms with E-state index in [-0.39, 0.29) is 6.61 Å². The third-order valence-corrected chi connectivity index (χ3v) is 7.98. The molecule has 1 heterocycles. The normalized spacial score (nSPS) is 21.4. The van der Waals surface area contributed by atoms with Gasteiger partial charge in [-0.3, -0.25) is 4.79 Å².